The fourth-order valence-electron chi connectivity index (χ4n) is 2.12. The maximum atomic E-state index is 12.9. The lowest BCUT2D eigenvalue weighted by Gasteiger charge is -2.16. The minimum absolute atomic E-state index is 0.271. The summed E-state index contributed by atoms with van der Waals surface area (Å²) in [5.74, 6) is -0.0323. The van der Waals surface area contributed by atoms with E-state index in [-0.39, 0.29) is 5.46 Å². The lowest BCUT2D eigenvalue weighted by molar-refractivity contribution is 0.210. The quantitative estimate of drug-likeness (QED) is 0.693. The molecule has 0 aliphatic heterocycles. The Hall–Kier alpha value is -2.45. The molecule has 8 heteroatoms. The van der Waals surface area contributed by atoms with Gasteiger partial charge in [0.15, 0.2) is 5.88 Å². The highest BCUT2D eigenvalue weighted by Crippen LogP contribution is 2.21. The molecule has 0 unspecified atom stereocenters. The second-order valence-corrected chi connectivity index (χ2v) is 4.82. The van der Waals surface area contributed by atoms with Crippen LogP contribution in [0.3, 0.4) is 0 Å². The zero-order chi connectivity index (χ0) is 15.7. The summed E-state index contributed by atoms with van der Waals surface area (Å²) in [4.78, 5) is 8.09. The van der Waals surface area contributed by atoms with Gasteiger partial charge in [0.25, 0.3) is 0 Å². The molecule has 3 rings (SSSR count). The van der Waals surface area contributed by atoms with E-state index in [0.29, 0.717) is 17.2 Å². The Morgan fingerprint density at radius 3 is 2.77 bits per heavy atom. The number of hydrogen-bond donors (Lipinski definition) is 2. The Morgan fingerprint density at radius 2 is 2.09 bits per heavy atom. The van der Waals surface area contributed by atoms with Gasteiger partial charge in [-0.05, 0) is 36.7 Å². The van der Waals surface area contributed by atoms with Crippen LogP contribution >= 0.6 is 0 Å². The second-order valence-electron chi connectivity index (χ2n) is 4.82. The molecule has 0 aromatic carbocycles. The zero-order valence-corrected chi connectivity index (χ0v) is 11.7. The van der Waals surface area contributed by atoms with Crippen LogP contribution in [0.4, 0.5) is 4.39 Å². The van der Waals surface area contributed by atoms with Crippen molar-refractivity contribution in [3.8, 4) is 5.88 Å². The number of ether oxygens (including phenoxy) is 1. The highest BCUT2D eigenvalue weighted by atomic mass is 19.1. The van der Waals surface area contributed by atoms with Crippen molar-refractivity contribution in [1.82, 2.24) is 14.4 Å². The van der Waals surface area contributed by atoms with E-state index in [0.717, 1.165) is 6.20 Å². The smallest absolute Gasteiger partial charge is 0.469 e. The maximum Gasteiger partial charge on any atom is 0.488 e. The number of rotatable bonds is 4. The lowest BCUT2D eigenvalue weighted by atomic mass is 9.81. The Labute approximate surface area is 126 Å². The van der Waals surface area contributed by atoms with Crippen molar-refractivity contribution in [1.29, 1.82) is 0 Å². The molecule has 0 spiro atoms. The third-order valence-electron chi connectivity index (χ3n) is 3.26. The number of imidazole rings is 1. The molecule has 22 heavy (non-hydrogen) atoms. The topological polar surface area (TPSA) is 79.9 Å². The van der Waals surface area contributed by atoms with Crippen molar-refractivity contribution in [3.63, 3.8) is 0 Å². The maximum absolute atomic E-state index is 12.9. The molecule has 0 saturated carbocycles. The predicted molar refractivity (Wildman–Crippen MR) is 78.3 cm³/mol. The van der Waals surface area contributed by atoms with Gasteiger partial charge in [0.1, 0.15) is 17.6 Å². The number of hydrogen-bond acceptors (Lipinski definition) is 5. The lowest BCUT2D eigenvalue weighted by Crippen LogP contribution is -2.30. The number of fused-ring (bicyclic) bond motifs is 1. The van der Waals surface area contributed by atoms with E-state index in [9.17, 15) is 14.4 Å². The minimum Gasteiger partial charge on any atom is -0.469 e. The molecule has 3 aromatic heterocycles. The van der Waals surface area contributed by atoms with Crippen LogP contribution in [0.1, 0.15) is 18.7 Å². The summed E-state index contributed by atoms with van der Waals surface area (Å²) in [7, 11) is -1.62. The van der Waals surface area contributed by atoms with Crippen LogP contribution in [0.5, 0.6) is 5.88 Å². The van der Waals surface area contributed by atoms with Gasteiger partial charge in [0.2, 0.25) is 0 Å². The fourth-order valence-corrected chi connectivity index (χ4v) is 2.12. The van der Waals surface area contributed by atoms with Gasteiger partial charge in [-0.2, -0.15) is 0 Å². The summed E-state index contributed by atoms with van der Waals surface area (Å²) in [5, 5.41) is 18.7. The Morgan fingerprint density at radius 1 is 1.27 bits per heavy atom. The molecule has 0 radical (unpaired) electrons. The number of nitrogens with zero attached hydrogens (tertiary/aromatic N) is 3. The Kier molecular flexibility index (Phi) is 3.78. The third-order valence-corrected chi connectivity index (χ3v) is 3.26. The van der Waals surface area contributed by atoms with Crippen LogP contribution in [0, 0.1) is 5.82 Å². The molecule has 0 fully saturated rings. The summed E-state index contributed by atoms with van der Waals surface area (Å²) in [6, 6.07) is 5.91. The second kappa shape index (κ2) is 5.74. The van der Waals surface area contributed by atoms with Crippen molar-refractivity contribution >= 4 is 18.2 Å². The molecule has 6 nitrogen and oxygen atoms in total. The number of pyridine rings is 2. The molecule has 0 bridgehead atoms. The van der Waals surface area contributed by atoms with E-state index in [4.69, 9.17) is 4.74 Å². The molecule has 3 heterocycles. The molecule has 0 aliphatic rings. The molecular weight excluding hydrogens is 288 g/mol. The molecule has 3 aromatic rings. The third kappa shape index (κ3) is 2.79. The van der Waals surface area contributed by atoms with Crippen molar-refractivity contribution in [2.75, 3.05) is 0 Å². The largest absolute Gasteiger partial charge is 0.488 e. The van der Waals surface area contributed by atoms with Crippen molar-refractivity contribution in [3.05, 3.63) is 54.4 Å². The summed E-state index contributed by atoms with van der Waals surface area (Å²) in [6.07, 6.45) is 3.95. The van der Waals surface area contributed by atoms with Gasteiger partial charge < -0.3 is 14.8 Å². The van der Waals surface area contributed by atoms with Gasteiger partial charge in [-0.1, -0.05) is 0 Å². The molecular formula is C14H13BFN3O3. The van der Waals surface area contributed by atoms with Crippen molar-refractivity contribution in [2.24, 2.45) is 0 Å². The molecule has 0 amide bonds. The summed E-state index contributed by atoms with van der Waals surface area (Å²) < 4.78 is 20.4. The van der Waals surface area contributed by atoms with Crippen LogP contribution in [-0.2, 0) is 0 Å². The Balaban J connectivity index is 1.95. The van der Waals surface area contributed by atoms with Gasteiger partial charge in [0.05, 0.1) is 11.9 Å². The summed E-state index contributed by atoms with van der Waals surface area (Å²) in [5.41, 5.74) is 1.36. The fraction of sp³-hybridized carbons (Fsp3) is 0.143. The van der Waals surface area contributed by atoms with Crippen LogP contribution in [0.15, 0.2) is 42.9 Å². The van der Waals surface area contributed by atoms with E-state index < -0.39 is 19.0 Å². The van der Waals surface area contributed by atoms with E-state index >= 15 is 0 Å². The van der Waals surface area contributed by atoms with Gasteiger partial charge in [-0.3, -0.25) is 9.38 Å². The van der Waals surface area contributed by atoms with Gasteiger partial charge >= 0.3 is 7.12 Å². The van der Waals surface area contributed by atoms with E-state index in [1.165, 1.54) is 18.2 Å². The highest BCUT2D eigenvalue weighted by Gasteiger charge is 2.17. The van der Waals surface area contributed by atoms with E-state index in [2.05, 4.69) is 9.97 Å². The van der Waals surface area contributed by atoms with Gasteiger partial charge in [-0.15, -0.1) is 0 Å². The summed E-state index contributed by atoms with van der Waals surface area (Å²) in [6.45, 7) is 1.77. The van der Waals surface area contributed by atoms with Gasteiger partial charge in [0, 0.05) is 12.4 Å². The van der Waals surface area contributed by atoms with Crippen LogP contribution in [-0.4, -0.2) is 31.5 Å². The molecule has 112 valence electrons. The minimum atomic E-state index is -1.62. The predicted octanol–water partition coefficient (Wildman–Crippen LogP) is 0.688. The average molecular weight is 301 g/mol. The van der Waals surface area contributed by atoms with Crippen LogP contribution in [0.2, 0.25) is 0 Å². The van der Waals surface area contributed by atoms with Crippen molar-refractivity contribution in [2.45, 2.75) is 13.0 Å². The normalized spacial score (nSPS) is 12.4. The Bertz CT molecular complexity index is 792. The molecule has 2 N–H and O–H groups in total. The first-order valence-corrected chi connectivity index (χ1v) is 6.66. The number of aromatic nitrogens is 3. The van der Waals surface area contributed by atoms with Crippen LogP contribution < -0.4 is 10.2 Å². The molecule has 1 atom stereocenters. The van der Waals surface area contributed by atoms with E-state index in [1.54, 1.807) is 29.8 Å². The first-order valence-electron chi connectivity index (χ1n) is 6.66. The van der Waals surface area contributed by atoms with E-state index in [1.807, 2.05) is 0 Å². The molecule has 0 saturated heterocycles. The van der Waals surface area contributed by atoms with Gasteiger partial charge in [-0.25, -0.2) is 9.37 Å². The SMILES string of the molecule is C[C@@H](Oc1cc(B(O)O)cc2nccn12)c1ccc(F)cn1. The van der Waals surface area contributed by atoms with Crippen molar-refractivity contribution < 1.29 is 19.2 Å². The standard InChI is InChI=1S/C14H13BFN3O3/c1-9(12-3-2-11(16)8-18-12)22-14-7-10(15(20)21)6-13-17-4-5-19(13)14/h2-9,20-21H,1H3/t9-/m1/s1. The molecule has 0 aliphatic carbocycles. The van der Waals surface area contributed by atoms with Crippen LogP contribution in [0.25, 0.3) is 5.65 Å². The first-order chi connectivity index (χ1) is 10.5. The zero-order valence-electron chi connectivity index (χ0n) is 11.7. The average Bonchev–Trinajstić information content (AvgIpc) is 2.96. The highest BCUT2D eigenvalue weighted by molar-refractivity contribution is 6.58. The monoisotopic (exact) mass is 301 g/mol. The first kappa shape index (κ1) is 14.5. The number of halogens is 1. The summed E-state index contributed by atoms with van der Waals surface area (Å²) >= 11 is 0.